The van der Waals surface area contributed by atoms with E-state index in [2.05, 4.69) is 75.9 Å². The molecule has 21 heavy (non-hydrogen) atoms. The van der Waals surface area contributed by atoms with Gasteiger partial charge in [-0.3, -0.25) is 6.08 Å². The van der Waals surface area contributed by atoms with Gasteiger partial charge in [0, 0.05) is 9.49 Å². The predicted molar refractivity (Wildman–Crippen MR) is 82.7 cm³/mol. The average molecular weight is 378 g/mol. The Morgan fingerprint density at radius 3 is 2.38 bits per heavy atom. The van der Waals surface area contributed by atoms with Crippen LogP contribution in [0.4, 0.5) is 0 Å². The van der Waals surface area contributed by atoms with Crippen LogP contribution in [0.3, 0.4) is 0 Å². The molecule has 4 heteroatoms. The number of hydrogen-bond donors (Lipinski definition) is 0. The molecule has 0 saturated carbocycles. The Bertz CT molecular complexity index is 444. The minimum atomic E-state index is 0. The van der Waals surface area contributed by atoms with E-state index in [1.165, 1.54) is 11.1 Å². The minimum Gasteiger partial charge on any atom is -1.00 e. The Kier molecular flexibility index (Phi) is 11.0. The molecule has 1 unspecified atom stereocenters. The maximum atomic E-state index is 3.48. The molecular weight excluding hydrogens is 355 g/mol. The second kappa shape index (κ2) is 9.68. The third kappa shape index (κ3) is 6.71. The topological polar surface area (TPSA) is 0 Å². The van der Waals surface area contributed by atoms with Gasteiger partial charge in [0.25, 0.3) is 0 Å². The molecule has 0 spiro atoms. The summed E-state index contributed by atoms with van der Waals surface area (Å²) in [5.74, 6) is 0. The largest absolute Gasteiger partial charge is 3.00 e. The Hall–Kier alpha value is 0.604. The third-order valence-electron chi connectivity index (χ3n) is 3.39. The third-order valence-corrected chi connectivity index (χ3v) is 5.03. The molecule has 0 aromatic rings. The van der Waals surface area contributed by atoms with E-state index in [4.69, 9.17) is 0 Å². The van der Waals surface area contributed by atoms with Crippen LogP contribution >= 0.6 is 11.8 Å². The molecule has 115 valence electrons. The van der Waals surface area contributed by atoms with Gasteiger partial charge in [0.05, 0.1) is 0 Å². The van der Waals surface area contributed by atoms with Gasteiger partial charge in [0.15, 0.2) is 0 Å². The van der Waals surface area contributed by atoms with Crippen molar-refractivity contribution in [1.29, 1.82) is 0 Å². The van der Waals surface area contributed by atoms with E-state index < -0.39 is 0 Å². The maximum Gasteiger partial charge on any atom is 3.00 e. The minimum absolute atomic E-state index is 0. The van der Waals surface area contributed by atoms with Crippen LogP contribution in [-0.2, 0) is 21.7 Å². The van der Waals surface area contributed by atoms with E-state index in [1.807, 2.05) is 0 Å². The van der Waals surface area contributed by atoms with E-state index >= 15 is 0 Å². The van der Waals surface area contributed by atoms with Gasteiger partial charge in [0.2, 0.25) is 0 Å². The SMILES string of the molecule is CC1=CC=CCC1(CC1=[C-]CC=C1)SC(C)(C)C.[Cl-].[Cl-].[Ti+3]. The molecule has 0 N–H and O–H groups in total. The standard InChI is InChI=1S/C17H23S.2ClH.Ti/c1-14-9-7-8-12-17(14,18-16(2,3)4)13-15-10-5-6-11-15;;;/h5,7-10H,6,12-13H2,1-4H3;2*1H;/q-1;;;+3/p-2. The van der Waals surface area contributed by atoms with Crippen molar-refractivity contribution in [2.75, 3.05) is 0 Å². The molecule has 2 rings (SSSR count). The van der Waals surface area contributed by atoms with Crippen molar-refractivity contribution in [3.05, 3.63) is 47.6 Å². The van der Waals surface area contributed by atoms with Crippen LogP contribution in [0.15, 0.2) is 41.5 Å². The summed E-state index contributed by atoms with van der Waals surface area (Å²) >= 11 is 2.11. The number of thioether (sulfide) groups is 1. The second-order valence-corrected chi connectivity index (χ2v) is 8.39. The molecule has 2 aliphatic carbocycles. The second-order valence-electron chi connectivity index (χ2n) is 6.18. The van der Waals surface area contributed by atoms with Crippen molar-refractivity contribution in [3.63, 3.8) is 0 Å². The summed E-state index contributed by atoms with van der Waals surface area (Å²) in [4.78, 5) is 0. The normalized spacial score (nSPS) is 23.4. The average Bonchev–Trinajstić information content (AvgIpc) is 2.73. The predicted octanol–water partition coefficient (Wildman–Crippen LogP) is -0.752. The van der Waals surface area contributed by atoms with Crippen molar-refractivity contribution in [1.82, 2.24) is 0 Å². The summed E-state index contributed by atoms with van der Waals surface area (Å²) in [5, 5.41) is 0. The van der Waals surface area contributed by atoms with Gasteiger partial charge in [-0.15, -0.1) is 18.2 Å². The molecule has 0 aromatic carbocycles. The van der Waals surface area contributed by atoms with Crippen molar-refractivity contribution < 1.29 is 46.5 Å². The fraction of sp³-hybridized carbons (Fsp3) is 0.529. The van der Waals surface area contributed by atoms with Crippen LogP contribution in [-0.4, -0.2) is 9.49 Å². The first kappa shape index (κ1) is 23.9. The summed E-state index contributed by atoms with van der Waals surface area (Å²) < 4.78 is 0.507. The molecule has 0 bridgehead atoms. The van der Waals surface area contributed by atoms with Crippen LogP contribution in [0, 0.1) is 6.08 Å². The van der Waals surface area contributed by atoms with E-state index in [-0.39, 0.29) is 56.0 Å². The molecule has 0 aromatic heterocycles. The van der Waals surface area contributed by atoms with E-state index in [1.54, 1.807) is 0 Å². The fourth-order valence-corrected chi connectivity index (χ4v) is 4.43. The smallest absolute Gasteiger partial charge is 1.00 e. The Morgan fingerprint density at radius 1 is 1.24 bits per heavy atom. The number of rotatable bonds is 3. The van der Waals surface area contributed by atoms with Crippen LogP contribution in [0.5, 0.6) is 0 Å². The van der Waals surface area contributed by atoms with Gasteiger partial charge >= 0.3 is 21.7 Å². The van der Waals surface area contributed by atoms with Crippen molar-refractivity contribution in [2.45, 2.75) is 56.5 Å². The summed E-state index contributed by atoms with van der Waals surface area (Å²) in [7, 11) is 0. The van der Waals surface area contributed by atoms with Gasteiger partial charge in [0.1, 0.15) is 0 Å². The number of halogens is 2. The Morgan fingerprint density at radius 2 is 1.90 bits per heavy atom. The van der Waals surface area contributed by atoms with Crippen LogP contribution in [0.25, 0.3) is 0 Å². The zero-order chi connectivity index (χ0) is 13.2. The molecule has 2 aliphatic rings. The first-order chi connectivity index (χ1) is 8.41. The number of allylic oxidation sites excluding steroid dienone is 7. The van der Waals surface area contributed by atoms with Gasteiger partial charge < -0.3 is 24.8 Å². The van der Waals surface area contributed by atoms with Gasteiger partial charge in [-0.25, -0.2) is 11.6 Å². The zero-order valence-electron chi connectivity index (χ0n) is 13.2. The van der Waals surface area contributed by atoms with Crippen molar-refractivity contribution >= 4 is 11.8 Å². The van der Waals surface area contributed by atoms with E-state index in [9.17, 15) is 0 Å². The summed E-state index contributed by atoms with van der Waals surface area (Å²) in [6.07, 6.45) is 18.0. The monoisotopic (exact) mass is 377 g/mol. The summed E-state index contributed by atoms with van der Waals surface area (Å²) in [6, 6.07) is 0. The molecular formula is C17H23Cl2STi. The summed E-state index contributed by atoms with van der Waals surface area (Å²) in [5.41, 5.74) is 2.88. The molecule has 0 fully saturated rings. The first-order valence-corrected chi connectivity index (χ1v) is 7.53. The van der Waals surface area contributed by atoms with Crippen molar-refractivity contribution in [3.8, 4) is 0 Å². The molecule has 0 nitrogen and oxygen atoms in total. The van der Waals surface area contributed by atoms with Crippen LogP contribution in [0.2, 0.25) is 0 Å². The maximum absolute atomic E-state index is 3.48. The molecule has 1 radical (unpaired) electrons. The van der Waals surface area contributed by atoms with Crippen LogP contribution < -0.4 is 24.8 Å². The number of hydrogen-bond acceptors (Lipinski definition) is 1. The first-order valence-electron chi connectivity index (χ1n) is 6.72. The summed E-state index contributed by atoms with van der Waals surface area (Å²) in [6.45, 7) is 9.22. The molecule has 1 atom stereocenters. The van der Waals surface area contributed by atoms with E-state index in [0.717, 1.165) is 19.3 Å². The Balaban J connectivity index is 0. The van der Waals surface area contributed by atoms with Crippen LogP contribution in [0.1, 0.15) is 47.0 Å². The van der Waals surface area contributed by atoms with Crippen molar-refractivity contribution in [2.24, 2.45) is 0 Å². The van der Waals surface area contributed by atoms with Gasteiger partial charge in [-0.05, 0) is 19.8 Å². The quantitative estimate of drug-likeness (QED) is 0.460. The molecule has 0 aliphatic heterocycles. The fourth-order valence-electron chi connectivity index (χ4n) is 2.62. The molecule has 0 saturated heterocycles. The molecule has 0 amide bonds. The molecule has 0 heterocycles. The van der Waals surface area contributed by atoms with Gasteiger partial charge in [-0.2, -0.15) is 6.08 Å². The van der Waals surface area contributed by atoms with Gasteiger partial charge in [-0.1, -0.05) is 44.6 Å². The zero-order valence-corrected chi connectivity index (χ0v) is 17.1. The Labute approximate surface area is 161 Å². The van der Waals surface area contributed by atoms with E-state index in [0.29, 0.717) is 0 Å².